The number of rotatable bonds is 7. The molecule has 1 amide bonds. The van der Waals surface area contributed by atoms with Gasteiger partial charge in [-0.2, -0.15) is 0 Å². The molecule has 0 radical (unpaired) electrons. The molecule has 0 fully saturated rings. The topological polar surface area (TPSA) is 79.8 Å². The van der Waals surface area contributed by atoms with Gasteiger partial charge in [-0.25, -0.2) is 0 Å². The Hall–Kier alpha value is -3.30. The molecule has 0 unspecified atom stereocenters. The van der Waals surface area contributed by atoms with E-state index in [2.05, 4.69) is 47.0 Å². The van der Waals surface area contributed by atoms with Crippen LogP contribution in [-0.2, 0) is 4.79 Å². The second-order valence-corrected chi connectivity index (χ2v) is 8.70. The summed E-state index contributed by atoms with van der Waals surface area (Å²) < 4.78 is 0. The predicted octanol–water partition coefficient (Wildman–Crippen LogP) is 2.85. The molecule has 0 aliphatic rings. The van der Waals surface area contributed by atoms with E-state index in [4.69, 9.17) is 10.6 Å². The van der Waals surface area contributed by atoms with Gasteiger partial charge in [0.1, 0.15) is 15.9 Å². The van der Waals surface area contributed by atoms with Crippen LogP contribution in [0.5, 0.6) is 0 Å². The van der Waals surface area contributed by atoms with Crippen molar-refractivity contribution >= 4 is 29.2 Å². The van der Waals surface area contributed by atoms with Gasteiger partial charge < -0.3 is 5.73 Å². The van der Waals surface area contributed by atoms with Gasteiger partial charge in [0, 0.05) is 17.2 Å². The molecular weight excluding hydrogens is 355 g/mol. The summed E-state index contributed by atoms with van der Waals surface area (Å²) in [7, 11) is -2.37. The Bertz CT molecular complexity index is 832. The van der Waals surface area contributed by atoms with Gasteiger partial charge in [0.05, 0.1) is 0 Å². The summed E-state index contributed by atoms with van der Waals surface area (Å²) in [6.07, 6.45) is 2.58. The third kappa shape index (κ3) is 4.27. The highest BCUT2D eigenvalue weighted by Gasteiger charge is 2.47. The molecule has 0 bridgehead atoms. The van der Waals surface area contributed by atoms with Crippen molar-refractivity contribution in [2.24, 2.45) is 15.8 Å². The fourth-order valence-electron chi connectivity index (χ4n) is 2.78. The maximum absolute atomic E-state index is 10.9. The molecule has 0 aliphatic heterocycles. The van der Waals surface area contributed by atoms with Crippen molar-refractivity contribution in [2.45, 2.75) is 0 Å². The molecule has 0 atom stereocenters. The molecule has 6 heteroatoms. The van der Waals surface area contributed by atoms with Crippen molar-refractivity contribution in [3.8, 4) is 0 Å². The van der Waals surface area contributed by atoms with Crippen molar-refractivity contribution in [1.29, 1.82) is 0 Å². The standard InChI is InChI=1S/C21H19N4OP/c22-21(26)16-17-23-24-25-27(18-10-4-1-5-11-18,19-12-6-2-7-13-19)20-14-8-3-9-15-20/h1-17H,(H2-,22,23,25,26)/p+1. The lowest BCUT2D eigenvalue weighted by molar-refractivity contribution is -0.113. The number of amides is 1. The first-order valence-corrected chi connectivity index (χ1v) is 10.2. The highest BCUT2D eigenvalue weighted by molar-refractivity contribution is 7.94. The summed E-state index contributed by atoms with van der Waals surface area (Å²) in [6, 6.07) is 30.4. The monoisotopic (exact) mass is 375 g/mol. The SMILES string of the molecule is NC(=O)/C=C/N/N=N/[P+](c1ccccc1)(c1ccccc1)c1ccccc1. The van der Waals surface area contributed by atoms with E-state index in [-0.39, 0.29) is 0 Å². The first kappa shape index (κ1) is 18.5. The average Bonchev–Trinajstić information content (AvgIpc) is 2.73. The van der Waals surface area contributed by atoms with Crippen molar-refractivity contribution in [3.05, 3.63) is 103 Å². The van der Waals surface area contributed by atoms with Crippen LogP contribution in [0, 0.1) is 0 Å². The van der Waals surface area contributed by atoms with Crippen molar-refractivity contribution < 1.29 is 4.79 Å². The van der Waals surface area contributed by atoms with E-state index in [1.165, 1.54) is 12.3 Å². The van der Waals surface area contributed by atoms with Crippen LogP contribution in [-0.4, -0.2) is 5.91 Å². The number of benzene rings is 3. The number of nitrogens with zero attached hydrogens (tertiary/aromatic N) is 2. The van der Waals surface area contributed by atoms with Gasteiger partial charge in [0.15, 0.2) is 0 Å². The molecule has 3 aromatic rings. The van der Waals surface area contributed by atoms with Crippen LogP contribution in [0.4, 0.5) is 0 Å². The highest BCUT2D eigenvalue weighted by atomic mass is 31.2. The minimum Gasteiger partial charge on any atom is -0.366 e. The molecule has 5 nitrogen and oxygen atoms in total. The Morgan fingerprint density at radius 1 is 0.778 bits per heavy atom. The highest BCUT2D eigenvalue weighted by Crippen LogP contribution is 2.56. The summed E-state index contributed by atoms with van der Waals surface area (Å²) in [4.78, 5) is 15.6. The number of primary amides is 1. The minimum atomic E-state index is -2.37. The van der Waals surface area contributed by atoms with Crippen LogP contribution in [0.2, 0.25) is 0 Å². The molecule has 0 aliphatic carbocycles. The lowest BCUT2D eigenvalue weighted by Crippen LogP contribution is -2.29. The molecule has 3 aromatic carbocycles. The number of carbonyl (C=O) groups is 1. The number of hydrogen-bond acceptors (Lipinski definition) is 3. The van der Waals surface area contributed by atoms with E-state index in [1.807, 2.05) is 54.6 Å². The molecule has 0 aromatic heterocycles. The first-order chi connectivity index (χ1) is 13.2. The zero-order chi connectivity index (χ0) is 19.0. The fourth-order valence-corrected chi connectivity index (χ4v) is 5.98. The molecule has 0 saturated carbocycles. The Morgan fingerprint density at radius 2 is 1.19 bits per heavy atom. The van der Waals surface area contributed by atoms with Crippen LogP contribution in [0.25, 0.3) is 0 Å². The second kappa shape index (κ2) is 8.88. The van der Waals surface area contributed by atoms with Gasteiger partial charge in [-0.15, -0.1) is 0 Å². The first-order valence-electron chi connectivity index (χ1n) is 8.43. The average molecular weight is 375 g/mol. The van der Waals surface area contributed by atoms with E-state index in [0.717, 1.165) is 15.9 Å². The number of nitrogens with one attached hydrogen (secondary N) is 1. The maximum atomic E-state index is 10.9. The van der Waals surface area contributed by atoms with E-state index in [1.54, 1.807) is 0 Å². The number of hydrogen-bond donors (Lipinski definition) is 2. The van der Waals surface area contributed by atoms with Gasteiger partial charge in [-0.3, -0.25) is 10.2 Å². The van der Waals surface area contributed by atoms with Crippen LogP contribution in [0.15, 0.2) is 113 Å². The predicted molar refractivity (Wildman–Crippen MR) is 111 cm³/mol. The third-order valence-corrected chi connectivity index (χ3v) is 7.44. The number of carbonyl (C=O) groups excluding carboxylic acids is 1. The fraction of sp³-hybridized carbons (Fsp3) is 0. The van der Waals surface area contributed by atoms with Gasteiger partial charge in [0.2, 0.25) is 5.91 Å². The van der Waals surface area contributed by atoms with Crippen LogP contribution in [0.3, 0.4) is 0 Å². The molecule has 0 spiro atoms. The van der Waals surface area contributed by atoms with Crippen LogP contribution < -0.4 is 27.1 Å². The van der Waals surface area contributed by atoms with Crippen LogP contribution in [0.1, 0.15) is 0 Å². The molecule has 0 heterocycles. The Balaban J connectivity index is 2.17. The van der Waals surface area contributed by atoms with E-state index in [9.17, 15) is 4.79 Å². The molecule has 3 rings (SSSR count). The molecule has 27 heavy (non-hydrogen) atoms. The Morgan fingerprint density at radius 3 is 1.56 bits per heavy atom. The summed E-state index contributed by atoms with van der Waals surface area (Å²) in [6.45, 7) is 0. The Labute approximate surface area is 159 Å². The second-order valence-electron chi connectivity index (χ2n) is 5.70. The molecule has 0 saturated heterocycles. The van der Waals surface area contributed by atoms with Gasteiger partial charge in [-0.05, 0) is 41.6 Å². The van der Waals surface area contributed by atoms with Gasteiger partial charge in [0.25, 0.3) is 7.41 Å². The van der Waals surface area contributed by atoms with Crippen molar-refractivity contribution in [2.75, 3.05) is 0 Å². The zero-order valence-electron chi connectivity index (χ0n) is 14.6. The Kier molecular flexibility index (Phi) is 6.08. The van der Waals surface area contributed by atoms with Crippen molar-refractivity contribution in [3.63, 3.8) is 0 Å². The zero-order valence-corrected chi connectivity index (χ0v) is 15.5. The van der Waals surface area contributed by atoms with Crippen LogP contribution >= 0.6 is 7.41 Å². The molecular formula is C21H20N4OP+. The lowest BCUT2D eigenvalue weighted by Gasteiger charge is -2.20. The van der Waals surface area contributed by atoms with Crippen molar-refractivity contribution in [1.82, 2.24) is 5.43 Å². The summed E-state index contributed by atoms with van der Waals surface area (Å²) >= 11 is 0. The van der Waals surface area contributed by atoms with Gasteiger partial charge >= 0.3 is 0 Å². The molecule has 134 valence electrons. The maximum Gasteiger partial charge on any atom is 0.255 e. The molecule has 3 N–H and O–H groups in total. The normalized spacial score (nSPS) is 11.7. The minimum absolute atomic E-state index is 0.548. The summed E-state index contributed by atoms with van der Waals surface area (Å²) in [5.41, 5.74) is 7.79. The smallest absolute Gasteiger partial charge is 0.255 e. The quantitative estimate of drug-likeness (QED) is 0.288. The van der Waals surface area contributed by atoms with E-state index < -0.39 is 13.3 Å². The van der Waals surface area contributed by atoms with Gasteiger partial charge in [-0.1, -0.05) is 54.6 Å². The summed E-state index contributed by atoms with van der Waals surface area (Å²) in [5.74, 6) is -0.548. The number of nitrogens with two attached hydrogens (primary N) is 1. The third-order valence-electron chi connectivity index (χ3n) is 3.95. The van der Waals surface area contributed by atoms with E-state index in [0.29, 0.717) is 0 Å². The van der Waals surface area contributed by atoms with E-state index >= 15 is 0 Å². The summed E-state index contributed by atoms with van der Waals surface area (Å²) in [5, 5.41) is 7.44. The largest absolute Gasteiger partial charge is 0.366 e. The lowest BCUT2D eigenvalue weighted by atomic mass is 10.4.